The molecule has 1 rings (SSSR count). The highest BCUT2D eigenvalue weighted by molar-refractivity contribution is 7.65. The molecule has 0 heterocycles. The molecule has 0 amide bonds. The minimum atomic E-state index is -0.197. The van der Waals surface area contributed by atoms with Gasteiger partial charge in [0.1, 0.15) is 5.76 Å². The topological polar surface area (TPSA) is 9.23 Å². The number of hydrogen-bond acceptors (Lipinski definition) is 1. The van der Waals surface area contributed by atoms with Crippen LogP contribution in [0.1, 0.15) is 48.0 Å². The minimum Gasteiger partial charge on any atom is -0.496 e. The van der Waals surface area contributed by atoms with Gasteiger partial charge in [-0.3, -0.25) is 0 Å². The molecule has 0 saturated carbocycles. The SMILES string of the molecule is COC1=C(P(C(C)(C)C)C(C)(C)C)CC=C1. The zero-order valence-electron chi connectivity index (χ0n) is 11.7. The number of allylic oxidation sites excluding steroid dienone is 3. The molecule has 0 aliphatic heterocycles. The van der Waals surface area contributed by atoms with Crippen molar-refractivity contribution < 1.29 is 4.74 Å². The summed E-state index contributed by atoms with van der Waals surface area (Å²) in [4.78, 5) is 0. The molecule has 92 valence electrons. The third-order valence-electron chi connectivity index (χ3n) is 2.70. The molecule has 0 aromatic heterocycles. The molecule has 0 atom stereocenters. The van der Waals surface area contributed by atoms with Gasteiger partial charge in [0, 0.05) is 5.31 Å². The summed E-state index contributed by atoms with van der Waals surface area (Å²) >= 11 is 0. The quantitative estimate of drug-likeness (QED) is 0.625. The van der Waals surface area contributed by atoms with E-state index < -0.39 is 0 Å². The first-order valence-corrected chi connectivity index (χ1v) is 7.26. The van der Waals surface area contributed by atoms with Crippen molar-refractivity contribution in [2.24, 2.45) is 0 Å². The molecule has 0 aromatic carbocycles. The Kier molecular flexibility index (Phi) is 3.90. The molecule has 1 nitrogen and oxygen atoms in total. The van der Waals surface area contributed by atoms with Crippen molar-refractivity contribution in [2.45, 2.75) is 58.3 Å². The fourth-order valence-electron chi connectivity index (χ4n) is 2.68. The van der Waals surface area contributed by atoms with E-state index in [0.29, 0.717) is 10.3 Å². The summed E-state index contributed by atoms with van der Waals surface area (Å²) in [6, 6.07) is 0. The Morgan fingerprint density at radius 1 is 1.06 bits per heavy atom. The van der Waals surface area contributed by atoms with Crippen molar-refractivity contribution in [2.75, 3.05) is 7.11 Å². The van der Waals surface area contributed by atoms with Crippen LogP contribution in [0.5, 0.6) is 0 Å². The lowest BCUT2D eigenvalue weighted by atomic mass is 10.2. The van der Waals surface area contributed by atoms with Gasteiger partial charge in [0.05, 0.1) is 7.11 Å². The molecule has 2 heteroatoms. The Bertz CT molecular complexity index is 299. The van der Waals surface area contributed by atoms with Crippen molar-refractivity contribution >= 4 is 7.92 Å². The second kappa shape index (κ2) is 4.53. The molecule has 16 heavy (non-hydrogen) atoms. The summed E-state index contributed by atoms with van der Waals surface area (Å²) in [7, 11) is 1.58. The molecule has 0 spiro atoms. The fraction of sp³-hybridized carbons (Fsp3) is 0.714. The molecule has 0 saturated heterocycles. The summed E-state index contributed by atoms with van der Waals surface area (Å²) in [6.07, 6.45) is 5.42. The van der Waals surface area contributed by atoms with Gasteiger partial charge in [-0.25, -0.2) is 0 Å². The maximum Gasteiger partial charge on any atom is 0.122 e. The van der Waals surface area contributed by atoms with Crippen LogP contribution < -0.4 is 0 Å². The van der Waals surface area contributed by atoms with E-state index in [4.69, 9.17) is 4.74 Å². The lowest BCUT2D eigenvalue weighted by molar-refractivity contribution is 0.306. The van der Waals surface area contributed by atoms with Gasteiger partial charge < -0.3 is 4.74 Å². The predicted octanol–water partition coefficient (Wildman–Crippen LogP) is 4.88. The van der Waals surface area contributed by atoms with Crippen LogP contribution in [0.15, 0.2) is 23.2 Å². The Morgan fingerprint density at radius 3 is 1.94 bits per heavy atom. The van der Waals surface area contributed by atoms with Gasteiger partial charge >= 0.3 is 0 Å². The highest BCUT2D eigenvalue weighted by Crippen LogP contribution is 2.67. The second-order valence-corrected chi connectivity index (χ2v) is 10.2. The van der Waals surface area contributed by atoms with E-state index in [1.165, 1.54) is 5.31 Å². The maximum absolute atomic E-state index is 5.50. The average Bonchev–Trinajstić information content (AvgIpc) is 2.46. The average molecular weight is 240 g/mol. The van der Waals surface area contributed by atoms with Crippen LogP contribution in [0.2, 0.25) is 0 Å². The predicted molar refractivity (Wildman–Crippen MR) is 74.2 cm³/mol. The molecule has 0 N–H and O–H groups in total. The molecule has 0 radical (unpaired) electrons. The Hall–Kier alpha value is -0.290. The molecule has 0 aromatic rings. The van der Waals surface area contributed by atoms with Gasteiger partial charge in [-0.2, -0.15) is 0 Å². The maximum atomic E-state index is 5.50. The number of methoxy groups -OCH3 is 1. The smallest absolute Gasteiger partial charge is 0.122 e. The zero-order chi connectivity index (χ0) is 12.6. The van der Waals surface area contributed by atoms with Gasteiger partial charge in [0.2, 0.25) is 0 Å². The summed E-state index contributed by atoms with van der Waals surface area (Å²) in [5, 5.41) is 2.19. The van der Waals surface area contributed by atoms with Crippen LogP contribution in [0.25, 0.3) is 0 Å². The third-order valence-corrected chi connectivity index (χ3v) is 6.32. The van der Waals surface area contributed by atoms with E-state index in [2.05, 4.69) is 53.7 Å². The van der Waals surface area contributed by atoms with Crippen LogP contribution in [-0.2, 0) is 4.74 Å². The first-order valence-electron chi connectivity index (χ1n) is 5.92. The van der Waals surface area contributed by atoms with Crippen molar-refractivity contribution in [3.05, 3.63) is 23.2 Å². The largest absolute Gasteiger partial charge is 0.496 e. The van der Waals surface area contributed by atoms with E-state index in [-0.39, 0.29) is 7.92 Å². The fourth-order valence-corrected chi connectivity index (χ4v) is 6.98. The summed E-state index contributed by atoms with van der Waals surface area (Å²) in [6.45, 7) is 14.1. The zero-order valence-corrected chi connectivity index (χ0v) is 12.6. The Balaban J connectivity index is 3.15. The molecule has 0 unspecified atom stereocenters. The Labute approximate surface area is 102 Å². The van der Waals surface area contributed by atoms with Gasteiger partial charge in [0.15, 0.2) is 0 Å². The van der Waals surface area contributed by atoms with Gasteiger partial charge in [-0.1, -0.05) is 55.5 Å². The number of hydrogen-bond donors (Lipinski definition) is 0. The summed E-state index contributed by atoms with van der Waals surface area (Å²) < 4.78 is 5.50. The first-order chi connectivity index (χ1) is 7.18. The lowest BCUT2D eigenvalue weighted by Gasteiger charge is -2.42. The monoisotopic (exact) mass is 240 g/mol. The van der Waals surface area contributed by atoms with Crippen molar-refractivity contribution in [1.82, 2.24) is 0 Å². The van der Waals surface area contributed by atoms with E-state index in [1.807, 2.05) is 0 Å². The molecule has 1 aliphatic rings. The van der Waals surface area contributed by atoms with Crippen LogP contribution in [0.4, 0.5) is 0 Å². The van der Waals surface area contributed by atoms with Crippen molar-refractivity contribution in [3.63, 3.8) is 0 Å². The van der Waals surface area contributed by atoms with Gasteiger partial charge in [-0.15, -0.1) is 0 Å². The lowest BCUT2D eigenvalue weighted by Crippen LogP contribution is -2.26. The second-order valence-electron chi connectivity index (χ2n) is 6.30. The van der Waals surface area contributed by atoms with E-state index in [9.17, 15) is 0 Å². The summed E-state index contributed by atoms with van der Waals surface area (Å²) in [5.41, 5.74) is 0. The standard InChI is InChI=1S/C14H25OP/c1-13(2,3)16(14(4,5)6)12-10-8-9-11(12)15-7/h8-9H,10H2,1-7H3. The van der Waals surface area contributed by atoms with E-state index in [0.717, 1.165) is 12.2 Å². The van der Waals surface area contributed by atoms with Crippen LogP contribution in [-0.4, -0.2) is 17.4 Å². The Morgan fingerprint density at radius 2 is 1.56 bits per heavy atom. The molecule has 0 bridgehead atoms. The van der Waals surface area contributed by atoms with Crippen LogP contribution >= 0.6 is 7.92 Å². The molecule has 1 aliphatic carbocycles. The van der Waals surface area contributed by atoms with Gasteiger partial charge in [0.25, 0.3) is 0 Å². The third kappa shape index (κ3) is 2.88. The van der Waals surface area contributed by atoms with Crippen LogP contribution in [0.3, 0.4) is 0 Å². The highest BCUT2D eigenvalue weighted by Gasteiger charge is 2.38. The molecule has 0 fully saturated rings. The molecular formula is C14H25OP. The number of ether oxygens (including phenoxy) is 1. The highest BCUT2D eigenvalue weighted by atomic mass is 31.1. The van der Waals surface area contributed by atoms with Crippen molar-refractivity contribution in [1.29, 1.82) is 0 Å². The van der Waals surface area contributed by atoms with Crippen LogP contribution in [0, 0.1) is 0 Å². The minimum absolute atomic E-state index is 0.197. The van der Waals surface area contributed by atoms with E-state index >= 15 is 0 Å². The van der Waals surface area contributed by atoms with Crippen molar-refractivity contribution in [3.8, 4) is 0 Å². The normalized spacial score (nSPS) is 17.5. The van der Waals surface area contributed by atoms with Gasteiger partial charge in [-0.05, 0) is 22.8 Å². The molecular weight excluding hydrogens is 215 g/mol. The number of rotatable bonds is 2. The summed E-state index contributed by atoms with van der Waals surface area (Å²) in [5.74, 6) is 1.11. The first kappa shape index (κ1) is 13.8. The van der Waals surface area contributed by atoms with E-state index in [1.54, 1.807) is 7.11 Å².